The normalized spacial score (nSPS) is 20.4. The summed E-state index contributed by atoms with van der Waals surface area (Å²) in [6, 6.07) is 7.21. The van der Waals surface area contributed by atoms with Crippen molar-refractivity contribution in [2.45, 2.75) is 37.5 Å². The molecule has 23 heavy (non-hydrogen) atoms. The molecular weight excluding hydrogens is 336 g/mol. The number of piperidine rings is 1. The summed E-state index contributed by atoms with van der Waals surface area (Å²) in [7, 11) is -3.35. The minimum atomic E-state index is -3.35. The number of hydrogen-bond acceptors (Lipinski definition) is 3. The SMILES string of the molecule is O=C(NC1CC1)C1CCN(S(=O)(=O)Cc2ccc(Cl)cc2)CC1. The summed E-state index contributed by atoms with van der Waals surface area (Å²) in [5.74, 6) is 0.00293. The third-order valence-electron chi connectivity index (χ3n) is 4.40. The summed E-state index contributed by atoms with van der Waals surface area (Å²) >= 11 is 5.82. The Morgan fingerprint density at radius 2 is 1.74 bits per heavy atom. The van der Waals surface area contributed by atoms with E-state index in [1.807, 2.05) is 0 Å². The molecule has 5 nitrogen and oxygen atoms in total. The molecule has 1 aromatic carbocycles. The van der Waals surface area contributed by atoms with Gasteiger partial charge in [-0.15, -0.1) is 0 Å². The lowest BCUT2D eigenvalue weighted by atomic mass is 9.97. The molecule has 1 saturated carbocycles. The lowest BCUT2D eigenvalue weighted by Crippen LogP contribution is -2.43. The predicted molar refractivity (Wildman–Crippen MR) is 89.5 cm³/mol. The second-order valence-electron chi connectivity index (χ2n) is 6.34. The van der Waals surface area contributed by atoms with Gasteiger partial charge in [0.1, 0.15) is 0 Å². The predicted octanol–water partition coefficient (Wildman–Crippen LogP) is 2.16. The van der Waals surface area contributed by atoms with Gasteiger partial charge in [-0.3, -0.25) is 4.79 Å². The number of rotatable bonds is 5. The highest BCUT2D eigenvalue weighted by molar-refractivity contribution is 7.88. The highest BCUT2D eigenvalue weighted by Crippen LogP contribution is 2.24. The summed E-state index contributed by atoms with van der Waals surface area (Å²) in [6.07, 6.45) is 3.33. The van der Waals surface area contributed by atoms with Crippen molar-refractivity contribution < 1.29 is 13.2 Å². The van der Waals surface area contributed by atoms with Gasteiger partial charge in [-0.2, -0.15) is 0 Å². The second-order valence-corrected chi connectivity index (χ2v) is 8.74. The summed E-state index contributed by atoms with van der Waals surface area (Å²) in [6.45, 7) is 0.831. The van der Waals surface area contributed by atoms with E-state index >= 15 is 0 Å². The Kier molecular flexibility index (Phi) is 4.94. The second kappa shape index (κ2) is 6.79. The first kappa shape index (κ1) is 16.7. The van der Waals surface area contributed by atoms with Crippen molar-refractivity contribution in [3.63, 3.8) is 0 Å². The van der Waals surface area contributed by atoms with Gasteiger partial charge in [0.15, 0.2) is 0 Å². The van der Waals surface area contributed by atoms with E-state index in [-0.39, 0.29) is 17.6 Å². The Morgan fingerprint density at radius 1 is 1.13 bits per heavy atom. The van der Waals surface area contributed by atoms with Gasteiger partial charge in [-0.1, -0.05) is 23.7 Å². The van der Waals surface area contributed by atoms with E-state index in [1.165, 1.54) is 4.31 Å². The molecule has 1 amide bonds. The number of halogens is 1. The lowest BCUT2D eigenvalue weighted by Gasteiger charge is -2.30. The molecule has 0 bridgehead atoms. The first-order valence-corrected chi connectivity index (χ1v) is 9.95. The number of amides is 1. The minimum Gasteiger partial charge on any atom is -0.353 e. The summed E-state index contributed by atoms with van der Waals surface area (Å²) in [4.78, 5) is 12.0. The number of nitrogens with one attached hydrogen (secondary N) is 1. The van der Waals surface area contributed by atoms with Crippen LogP contribution in [0.2, 0.25) is 5.02 Å². The molecule has 1 heterocycles. The van der Waals surface area contributed by atoms with Crippen LogP contribution in [0.4, 0.5) is 0 Å². The Hall–Kier alpha value is -1.11. The maximum atomic E-state index is 12.5. The van der Waals surface area contributed by atoms with Crippen molar-refractivity contribution in [3.05, 3.63) is 34.9 Å². The maximum absolute atomic E-state index is 12.5. The van der Waals surface area contributed by atoms with E-state index in [0.29, 0.717) is 37.0 Å². The molecule has 2 fully saturated rings. The van der Waals surface area contributed by atoms with Crippen LogP contribution in [0.15, 0.2) is 24.3 Å². The zero-order chi connectivity index (χ0) is 16.4. The number of carbonyl (C=O) groups excluding carboxylic acids is 1. The van der Waals surface area contributed by atoms with Gasteiger partial charge in [-0.25, -0.2) is 12.7 Å². The summed E-state index contributed by atoms with van der Waals surface area (Å²) in [5.41, 5.74) is 0.725. The Bertz CT molecular complexity index is 663. The van der Waals surface area contributed by atoms with Crippen LogP contribution in [0, 0.1) is 5.92 Å². The number of sulfonamides is 1. The average molecular weight is 357 g/mol. The Morgan fingerprint density at radius 3 is 2.30 bits per heavy atom. The largest absolute Gasteiger partial charge is 0.353 e. The first-order valence-electron chi connectivity index (χ1n) is 7.97. The molecule has 0 aromatic heterocycles. The Labute approximate surface area is 142 Å². The van der Waals surface area contributed by atoms with Gasteiger partial charge in [0.05, 0.1) is 5.75 Å². The molecule has 1 aromatic rings. The molecule has 7 heteroatoms. The van der Waals surface area contributed by atoms with Gasteiger partial charge in [0.2, 0.25) is 15.9 Å². The fourth-order valence-corrected chi connectivity index (χ4v) is 4.51. The molecule has 0 atom stereocenters. The van der Waals surface area contributed by atoms with Gasteiger partial charge in [-0.05, 0) is 43.4 Å². The quantitative estimate of drug-likeness (QED) is 0.879. The molecule has 1 N–H and O–H groups in total. The lowest BCUT2D eigenvalue weighted by molar-refractivity contribution is -0.126. The molecule has 3 rings (SSSR count). The fraction of sp³-hybridized carbons (Fsp3) is 0.562. The van der Waals surface area contributed by atoms with Crippen LogP contribution in [-0.4, -0.2) is 37.8 Å². The zero-order valence-corrected chi connectivity index (χ0v) is 14.4. The van der Waals surface area contributed by atoms with Crippen molar-refractivity contribution in [2.75, 3.05) is 13.1 Å². The first-order chi connectivity index (χ1) is 10.9. The van der Waals surface area contributed by atoms with E-state index in [9.17, 15) is 13.2 Å². The van der Waals surface area contributed by atoms with Crippen LogP contribution in [0.5, 0.6) is 0 Å². The van der Waals surface area contributed by atoms with E-state index in [4.69, 9.17) is 11.6 Å². The van der Waals surface area contributed by atoms with Gasteiger partial charge >= 0.3 is 0 Å². The van der Waals surface area contributed by atoms with Gasteiger partial charge < -0.3 is 5.32 Å². The third kappa shape index (κ3) is 4.46. The van der Waals surface area contributed by atoms with Crippen molar-refractivity contribution in [1.82, 2.24) is 9.62 Å². The average Bonchev–Trinajstić information content (AvgIpc) is 3.33. The number of carbonyl (C=O) groups is 1. The highest BCUT2D eigenvalue weighted by atomic mass is 35.5. The number of nitrogens with zero attached hydrogens (tertiary/aromatic N) is 1. The third-order valence-corrected chi connectivity index (χ3v) is 6.51. The molecule has 0 unspecified atom stereocenters. The molecule has 0 spiro atoms. The van der Waals surface area contributed by atoms with E-state index in [2.05, 4.69) is 5.32 Å². The summed E-state index contributed by atoms with van der Waals surface area (Å²) in [5, 5.41) is 3.59. The van der Waals surface area contributed by atoms with Gasteiger partial charge in [0, 0.05) is 30.1 Å². The summed E-state index contributed by atoms with van der Waals surface area (Å²) < 4.78 is 26.5. The topological polar surface area (TPSA) is 66.5 Å². The maximum Gasteiger partial charge on any atom is 0.223 e. The van der Waals surface area contributed by atoms with Crippen LogP contribution in [-0.2, 0) is 20.6 Å². The molecule has 1 aliphatic carbocycles. The molecule has 1 saturated heterocycles. The van der Waals surface area contributed by atoms with Crippen molar-refractivity contribution >= 4 is 27.5 Å². The van der Waals surface area contributed by atoms with Crippen LogP contribution in [0.25, 0.3) is 0 Å². The number of hydrogen-bond donors (Lipinski definition) is 1. The highest BCUT2D eigenvalue weighted by Gasteiger charge is 2.33. The van der Waals surface area contributed by atoms with Crippen molar-refractivity contribution in [1.29, 1.82) is 0 Å². The number of benzene rings is 1. The molecule has 126 valence electrons. The molecule has 1 aliphatic heterocycles. The minimum absolute atomic E-state index is 0.0247. The standard InChI is InChI=1S/C16H21ClN2O3S/c17-14-3-1-12(2-4-14)11-23(21,22)19-9-7-13(8-10-19)16(20)18-15-5-6-15/h1-4,13,15H,5-11H2,(H,18,20). The van der Waals surface area contributed by atoms with Crippen LogP contribution in [0.1, 0.15) is 31.2 Å². The zero-order valence-electron chi connectivity index (χ0n) is 12.9. The molecular formula is C16H21ClN2O3S. The fourth-order valence-electron chi connectivity index (χ4n) is 2.83. The van der Waals surface area contributed by atoms with E-state index in [0.717, 1.165) is 18.4 Å². The molecule has 0 radical (unpaired) electrons. The van der Waals surface area contributed by atoms with Crippen LogP contribution >= 0.6 is 11.6 Å². The van der Waals surface area contributed by atoms with E-state index in [1.54, 1.807) is 24.3 Å². The van der Waals surface area contributed by atoms with Crippen molar-refractivity contribution in [3.8, 4) is 0 Å². The monoisotopic (exact) mass is 356 g/mol. The smallest absolute Gasteiger partial charge is 0.223 e. The van der Waals surface area contributed by atoms with Crippen LogP contribution < -0.4 is 5.32 Å². The van der Waals surface area contributed by atoms with Crippen molar-refractivity contribution in [2.24, 2.45) is 5.92 Å². The van der Waals surface area contributed by atoms with Gasteiger partial charge in [0.25, 0.3) is 0 Å². The van der Waals surface area contributed by atoms with Crippen LogP contribution in [0.3, 0.4) is 0 Å². The van der Waals surface area contributed by atoms with E-state index < -0.39 is 10.0 Å². The molecule has 2 aliphatic rings. The Balaban J connectivity index is 1.55.